The number of hydrogen-bond donors (Lipinski definition) is 0. The molecule has 0 amide bonds. The Hall–Kier alpha value is -0.603. The Morgan fingerprint density at radius 1 is 1.15 bits per heavy atom. The lowest BCUT2D eigenvalue weighted by Crippen LogP contribution is -1.99. The molecule has 0 saturated heterocycles. The van der Waals surface area contributed by atoms with Crippen molar-refractivity contribution in [3.8, 4) is 0 Å². The summed E-state index contributed by atoms with van der Waals surface area (Å²) in [5.74, 6) is 0. The molecule has 1 rings (SSSR count). The van der Waals surface area contributed by atoms with E-state index in [1.54, 1.807) is 0 Å². The Kier molecular flexibility index (Phi) is 4.19. The Morgan fingerprint density at radius 3 is 2.38 bits per heavy atom. The van der Waals surface area contributed by atoms with Crippen molar-refractivity contribution in [2.75, 3.05) is 0 Å². The molecule has 13 heavy (non-hydrogen) atoms. The fraction of sp³-hybridized carbons (Fsp3) is 0.455. The van der Waals surface area contributed by atoms with Crippen molar-refractivity contribution in [3.63, 3.8) is 0 Å². The van der Waals surface area contributed by atoms with E-state index in [9.17, 15) is 0 Å². The summed E-state index contributed by atoms with van der Waals surface area (Å²) >= 11 is 0. The van der Waals surface area contributed by atoms with Crippen LogP contribution in [0.2, 0.25) is 0 Å². The minimum absolute atomic E-state index is 0.795. The van der Waals surface area contributed by atoms with E-state index >= 15 is 0 Å². The summed E-state index contributed by atoms with van der Waals surface area (Å²) in [7, 11) is 0.824. The number of hydrogen-bond acceptors (Lipinski definition) is 1. The molecule has 0 aliphatic carbocycles. The van der Waals surface area contributed by atoms with Gasteiger partial charge in [0.25, 0.3) is 0 Å². The molecule has 0 heterocycles. The van der Waals surface area contributed by atoms with Crippen molar-refractivity contribution in [2.24, 2.45) is 0 Å². The van der Waals surface area contributed by atoms with Crippen LogP contribution >= 0.6 is 0 Å². The average Bonchev–Trinajstić information content (AvgIpc) is 2.18. The van der Waals surface area contributed by atoms with Crippen LogP contribution in [0.3, 0.4) is 0 Å². The second kappa shape index (κ2) is 5.20. The molecule has 0 aliphatic heterocycles. The van der Waals surface area contributed by atoms with E-state index in [2.05, 4.69) is 32.0 Å². The summed E-state index contributed by atoms with van der Waals surface area (Å²) in [6.07, 6.45) is 2.24. The van der Waals surface area contributed by atoms with Crippen molar-refractivity contribution in [3.05, 3.63) is 34.9 Å². The van der Waals surface area contributed by atoms with E-state index in [0.717, 1.165) is 29.9 Å². The minimum atomic E-state index is 0.795. The lowest BCUT2D eigenvalue weighted by Gasteiger charge is -2.11. The zero-order chi connectivity index (χ0) is 9.68. The maximum atomic E-state index is 5.31. The molecule has 1 aromatic rings. The van der Waals surface area contributed by atoms with Gasteiger partial charge in [-0.2, -0.15) is 0 Å². The smallest absolute Gasteiger partial charge is 0.146 e. The quantitative estimate of drug-likeness (QED) is 0.662. The molecule has 0 bridgehead atoms. The SMILES string of the molecule is CCc1cccc(CO[SiH3])c1CC. The molecule has 2 heteroatoms. The Balaban J connectivity index is 3.03. The maximum Gasteiger partial charge on any atom is 0.146 e. The van der Waals surface area contributed by atoms with E-state index in [-0.39, 0.29) is 0 Å². The van der Waals surface area contributed by atoms with Crippen LogP contribution in [0.4, 0.5) is 0 Å². The zero-order valence-electron chi connectivity index (χ0n) is 8.76. The fourth-order valence-corrected chi connectivity index (χ4v) is 2.07. The van der Waals surface area contributed by atoms with Gasteiger partial charge in [-0.15, -0.1) is 0 Å². The lowest BCUT2D eigenvalue weighted by molar-refractivity contribution is 0.337. The molecule has 0 fully saturated rings. The predicted octanol–water partition coefficient (Wildman–Crippen LogP) is 1.61. The average molecular weight is 194 g/mol. The summed E-state index contributed by atoms with van der Waals surface area (Å²) in [6, 6.07) is 6.53. The van der Waals surface area contributed by atoms with Gasteiger partial charge in [-0.05, 0) is 29.5 Å². The first-order chi connectivity index (χ1) is 6.33. The van der Waals surface area contributed by atoms with Crippen LogP contribution in [-0.2, 0) is 23.9 Å². The summed E-state index contributed by atoms with van der Waals surface area (Å²) in [6.45, 7) is 5.22. The van der Waals surface area contributed by atoms with Crippen LogP contribution in [0.5, 0.6) is 0 Å². The van der Waals surface area contributed by atoms with Crippen LogP contribution in [0.25, 0.3) is 0 Å². The lowest BCUT2D eigenvalue weighted by atomic mass is 9.98. The van der Waals surface area contributed by atoms with Gasteiger partial charge in [0, 0.05) is 0 Å². The third-order valence-electron chi connectivity index (χ3n) is 2.40. The molecule has 0 aliphatic rings. The third-order valence-corrected chi connectivity index (χ3v) is 2.69. The van der Waals surface area contributed by atoms with Crippen molar-refractivity contribution in [2.45, 2.75) is 33.3 Å². The van der Waals surface area contributed by atoms with Crippen LogP contribution in [-0.4, -0.2) is 10.5 Å². The molecule has 0 radical (unpaired) electrons. The van der Waals surface area contributed by atoms with Gasteiger partial charge in [0.15, 0.2) is 0 Å². The summed E-state index contributed by atoms with van der Waals surface area (Å²) in [5, 5.41) is 0. The topological polar surface area (TPSA) is 9.23 Å². The molecule has 0 N–H and O–H groups in total. The second-order valence-electron chi connectivity index (χ2n) is 3.19. The van der Waals surface area contributed by atoms with Crippen LogP contribution in [0.15, 0.2) is 18.2 Å². The molecular formula is C11H18OSi. The Morgan fingerprint density at radius 2 is 1.85 bits per heavy atom. The van der Waals surface area contributed by atoms with Gasteiger partial charge >= 0.3 is 0 Å². The molecule has 0 atom stereocenters. The van der Waals surface area contributed by atoms with E-state index in [1.165, 1.54) is 16.7 Å². The Labute approximate surface area is 83.7 Å². The first kappa shape index (κ1) is 10.5. The van der Waals surface area contributed by atoms with Crippen molar-refractivity contribution in [1.82, 2.24) is 0 Å². The van der Waals surface area contributed by atoms with Crippen LogP contribution in [0, 0.1) is 0 Å². The molecule has 72 valence electrons. The minimum Gasteiger partial charge on any atom is -0.424 e. The van der Waals surface area contributed by atoms with E-state index in [0.29, 0.717) is 0 Å². The molecule has 0 aromatic heterocycles. The first-order valence-electron chi connectivity index (χ1n) is 4.92. The largest absolute Gasteiger partial charge is 0.424 e. The Bertz CT molecular complexity index is 271. The van der Waals surface area contributed by atoms with Crippen molar-refractivity contribution in [1.29, 1.82) is 0 Å². The predicted molar refractivity (Wildman–Crippen MR) is 59.9 cm³/mol. The number of aryl methyl sites for hydroxylation is 1. The molecule has 0 spiro atoms. The third kappa shape index (κ3) is 2.42. The highest BCUT2D eigenvalue weighted by atomic mass is 28.2. The fourth-order valence-electron chi connectivity index (χ4n) is 1.76. The normalized spacial score (nSPS) is 10.6. The number of benzene rings is 1. The summed E-state index contributed by atoms with van der Waals surface area (Å²) in [5.41, 5.74) is 4.33. The molecule has 1 aromatic carbocycles. The monoisotopic (exact) mass is 194 g/mol. The molecular weight excluding hydrogens is 176 g/mol. The van der Waals surface area contributed by atoms with Gasteiger partial charge in [-0.1, -0.05) is 32.0 Å². The van der Waals surface area contributed by atoms with Gasteiger partial charge in [0.1, 0.15) is 10.5 Å². The van der Waals surface area contributed by atoms with Crippen LogP contribution in [0.1, 0.15) is 30.5 Å². The standard InChI is InChI=1S/C11H18OSi/c1-3-9-6-5-7-10(8-12-13)11(9)4-2/h5-7H,3-4,8H2,1-2,13H3. The van der Waals surface area contributed by atoms with Crippen molar-refractivity contribution < 1.29 is 4.43 Å². The summed E-state index contributed by atoms with van der Waals surface area (Å²) < 4.78 is 5.31. The van der Waals surface area contributed by atoms with Crippen molar-refractivity contribution >= 4 is 10.5 Å². The first-order valence-corrected chi connectivity index (χ1v) is 5.73. The van der Waals surface area contributed by atoms with E-state index in [1.807, 2.05) is 0 Å². The van der Waals surface area contributed by atoms with E-state index < -0.39 is 0 Å². The summed E-state index contributed by atoms with van der Waals surface area (Å²) in [4.78, 5) is 0. The van der Waals surface area contributed by atoms with Gasteiger partial charge in [-0.25, -0.2) is 0 Å². The number of rotatable bonds is 4. The molecule has 1 nitrogen and oxygen atoms in total. The van der Waals surface area contributed by atoms with Gasteiger partial charge in [0.05, 0.1) is 6.61 Å². The van der Waals surface area contributed by atoms with Gasteiger partial charge in [0.2, 0.25) is 0 Å². The highest BCUT2D eigenvalue weighted by Gasteiger charge is 2.03. The molecule has 0 unspecified atom stereocenters. The van der Waals surface area contributed by atoms with Gasteiger partial charge < -0.3 is 4.43 Å². The highest BCUT2D eigenvalue weighted by Crippen LogP contribution is 2.16. The highest BCUT2D eigenvalue weighted by molar-refractivity contribution is 5.97. The molecule has 0 saturated carbocycles. The van der Waals surface area contributed by atoms with Crippen LogP contribution < -0.4 is 0 Å². The van der Waals surface area contributed by atoms with Gasteiger partial charge in [-0.3, -0.25) is 0 Å². The van der Waals surface area contributed by atoms with E-state index in [4.69, 9.17) is 4.43 Å². The zero-order valence-corrected chi connectivity index (χ0v) is 10.8. The maximum absolute atomic E-state index is 5.31. The second-order valence-corrected chi connectivity index (χ2v) is 3.77.